The van der Waals surface area contributed by atoms with Crippen LogP contribution in [-0.2, 0) is 14.3 Å². The van der Waals surface area contributed by atoms with Gasteiger partial charge in [-0.15, -0.1) is 0 Å². The highest BCUT2D eigenvalue weighted by Gasteiger charge is 2.34. The van der Waals surface area contributed by atoms with E-state index in [9.17, 15) is 14.4 Å². The molecule has 2 fully saturated rings. The Morgan fingerprint density at radius 2 is 1.93 bits per heavy atom. The predicted octanol–water partition coefficient (Wildman–Crippen LogP) is 1.27. The molecule has 0 aromatic carbocycles. The molecule has 1 saturated carbocycles. The smallest absolute Gasteiger partial charge is 0.309 e. The highest BCUT2D eigenvalue weighted by Crippen LogP contribution is 2.28. The molecular formula is C19H26N4O4. The summed E-state index contributed by atoms with van der Waals surface area (Å²) in [7, 11) is 0. The number of carbonyl (C=O) groups is 3. The molecule has 27 heavy (non-hydrogen) atoms. The van der Waals surface area contributed by atoms with E-state index in [1.165, 1.54) is 18.6 Å². The van der Waals surface area contributed by atoms with E-state index in [4.69, 9.17) is 4.74 Å². The lowest BCUT2D eigenvalue weighted by Gasteiger charge is -2.31. The Kier molecular flexibility index (Phi) is 6.36. The van der Waals surface area contributed by atoms with E-state index >= 15 is 0 Å². The quantitative estimate of drug-likeness (QED) is 0.668. The van der Waals surface area contributed by atoms with Gasteiger partial charge in [-0.25, -0.2) is 4.98 Å². The van der Waals surface area contributed by atoms with Crippen molar-refractivity contribution >= 4 is 17.8 Å². The molecule has 1 saturated heterocycles. The maximum atomic E-state index is 12.6. The summed E-state index contributed by atoms with van der Waals surface area (Å²) >= 11 is 0. The predicted molar refractivity (Wildman–Crippen MR) is 96.6 cm³/mol. The lowest BCUT2D eigenvalue weighted by atomic mass is 9.97. The Labute approximate surface area is 158 Å². The molecule has 2 heterocycles. The van der Waals surface area contributed by atoms with Gasteiger partial charge in [-0.05, 0) is 32.6 Å². The molecule has 146 valence electrons. The van der Waals surface area contributed by atoms with Crippen LogP contribution in [0.4, 0.5) is 0 Å². The minimum Gasteiger partial charge on any atom is -0.466 e. The molecule has 1 aliphatic heterocycles. The number of likely N-dealkylation sites (tertiary alicyclic amines) is 1. The molecule has 0 radical (unpaired) electrons. The molecule has 0 unspecified atom stereocenters. The van der Waals surface area contributed by atoms with Crippen LogP contribution >= 0.6 is 0 Å². The van der Waals surface area contributed by atoms with Gasteiger partial charge in [0.05, 0.1) is 18.7 Å². The van der Waals surface area contributed by atoms with Crippen LogP contribution in [-0.4, -0.2) is 69.8 Å². The third-order valence-corrected chi connectivity index (χ3v) is 5.06. The summed E-state index contributed by atoms with van der Waals surface area (Å²) in [6.45, 7) is 3.68. The van der Waals surface area contributed by atoms with Gasteiger partial charge in [0.25, 0.3) is 5.91 Å². The highest BCUT2D eigenvalue weighted by molar-refractivity contribution is 5.92. The number of amides is 2. The summed E-state index contributed by atoms with van der Waals surface area (Å²) in [6, 6.07) is 0.196. The number of nitrogens with zero attached hydrogens (tertiary/aromatic N) is 4. The van der Waals surface area contributed by atoms with Crippen molar-refractivity contribution in [2.24, 2.45) is 5.92 Å². The molecule has 8 nitrogen and oxygen atoms in total. The average molecular weight is 374 g/mol. The van der Waals surface area contributed by atoms with Crippen LogP contribution < -0.4 is 0 Å². The molecule has 2 amide bonds. The van der Waals surface area contributed by atoms with E-state index in [-0.39, 0.29) is 36.2 Å². The summed E-state index contributed by atoms with van der Waals surface area (Å²) in [4.78, 5) is 48.5. The zero-order valence-corrected chi connectivity index (χ0v) is 15.7. The van der Waals surface area contributed by atoms with Crippen LogP contribution in [0, 0.1) is 5.92 Å². The molecule has 0 N–H and O–H groups in total. The average Bonchev–Trinajstić information content (AvgIpc) is 3.54. The van der Waals surface area contributed by atoms with Crippen LogP contribution in [0.3, 0.4) is 0 Å². The maximum Gasteiger partial charge on any atom is 0.309 e. The number of ether oxygens (including phenoxy) is 1. The largest absolute Gasteiger partial charge is 0.466 e. The molecule has 8 heteroatoms. The summed E-state index contributed by atoms with van der Waals surface area (Å²) in [5.74, 6) is -0.427. The topological polar surface area (TPSA) is 92.7 Å². The number of hydrogen-bond donors (Lipinski definition) is 0. The van der Waals surface area contributed by atoms with Crippen molar-refractivity contribution in [1.29, 1.82) is 0 Å². The summed E-state index contributed by atoms with van der Waals surface area (Å²) in [5.41, 5.74) is 0.312. The van der Waals surface area contributed by atoms with Crippen molar-refractivity contribution in [3.05, 3.63) is 24.3 Å². The fourth-order valence-corrected chi connectivity index (χ4v) is 3.39. The van der Waals surface area contributed by atoms with Crippen molar-refractivity contribution < 1.29 is 19.1 Å². The molecular weight excluding hydrogens is 348 g/mol. The molecule has 1 aromatic heterocycles. The first-order chi connectivity index (χ1) is 13.1. The van der Waals surface area contributed by atoms with E-state index in [0.29, 0.717) is 44.8 Å². The van der Waals surface area contributed by atoms with Gasteiger partial charge in [0.2, 0.25) is 5.91 Å². The Balaban J connectivity index is 1.49. The molecule has 0 spiro atoms. The van der Waals surface area contributed by atoms with Gasteiger partial charge in [-0.1, -0.05) is 0 Å². The van der Waals surface area contributed by atoms with Gasteiger partial charge in [-0.3, -0.25) is 19.4 Å². The van der Waals surface area contributed by atoms with Crippen molar-refractivity contribution in [2.75, 3.05) is 26.2 Å². The second-order valence-corrected chi connectivity index (χ2v) is 6.98. The number of hydrogen-bond acceptors (Lipinski definition) is 6. The van der Waals surface area contributed by atoms with Crippen molar-refractivity contribution in [1.82, 2.24) is 19.8 Å². The molecule has 1 aromatic rings. The number of esters is 1. The van der Waals surface area contributed by atoms with Crippen molar-refractivity contribution in [3.63, 3.8) is 0 Å². The standard InChI is InChI=1S/C19H26N4O4/c1-2-27-19(26)14-5-10-22(11-6-14)17(24)7-12-23(15-3-4-15)18(25)16-13-20-8-9-21-16/h8-9,13-15H,2-7,10-12H2,1H3. The van der Waals surface area contributed by atoms with Crippen LogP contribution in [0.15, 0.2) is 18.6 Å². The Morgan fingerprint density at radius 1 is 1.19 bits per heavy atom. The Morgan fingerprint density at radius 3 is 2.52 bits per heavy atom. The van der Waals surface area contributed by atoms with Crippen LogP contribution in [0.25, 0.3) is 0 Å². The third-order valence-electron chi connectivity index (χ3n) is 5.06. The van der Waals surface area contributed by atoms with Crippen LogP contribution in [0.5, 0.6) is 0 Å². The monoisotopic (exact) mass is 374 g/mol. The first-order valence-corrected chi connectivity index (χ1v) is 9.61. The molecule has 0 atom stereocenters. The van der Waals surface area contributed by atoms with Gasteiger partial charge in [0.15, 0.2) is 0 Å². The Bertz CT molecular complexity index is 670. The lowest BCUT2D eigenvalue weighted by Crippen LogP contribution is -2.43. The van der Waals surface area contributed by atoms with E-state index in [0.717, 1.165) is 12.8 Å². The van der Waals surface area contributed by atoms with E-state index in [2.05, 4.69) is 9.97 Å². The highest BCUT2D eigenvalue weighted by atomic mass is 16.5. The number of piperidine rings is 1. The normalized spacial score (nSPS) is 17.4. The van der Waals surface area contributed by atoms with Crippen molar-refractivity contribution in [3.8, 4) is 0 Å². The minimum absolute atomic E-state index is 0.0231. The van der Waals surface area contributed by atoms with E-state index in [1.54, 1.807) is 16.7 Å². The fourth-order valence-electron chi connectivity index (χ4n) is 3.39. The van der Waals surface area contributed by atoms with E-state index in [1.807, 2.05) is 0 Å². The molecule has 0 bridgehead atoms. The van der Waals surface area contributed by atoms with Crippen LogP contribution in [0.1, 0.15) is 49.5 Å². The first kappa shape index (κ1) is 19.3. The molecule has 2 aliphatic rings. The zero-order valence-electron chi connectivity index (χ0n) is 15.7. The zero-order chi connectivity index (χ0) is 19.2. The van der Waals surface area contributed by atoms with Gasteiger partial charge < -0.3 is 14.5 Å². The second-order valence-electron chi connectivity index (χ2n) is 6.98. The third kappa shape index (κ3) is 5.02. The van der Waals surface area contributed by atoms with Crippen molar-refractivity contribution in [2.45, 2.75) is 45.1 Å². The maximum absolute atomic E-state index is 12.6. The lowest BCUT2D eigenvalue weighted by molar-refractivity contribution is -0.151. The summed E-state index contributed by atoms with van der Waals surface area (Å²) in [6.07, 6.45) is 7.96. The molecule has 1 aliphatic carbocycles. The van der Waals surface area contributed by atoms with Gasteiger partial charge >= 0.3 is 5.97 Å². The fraction of sp³-hybridized carbons (Fsp3) is 0.632. The summed E-state index contributed by atoms with van der Waals surface area (Å²) in [5, 5.41) is 0. The summed E-state index contributed by atoms with van der Waals surface area (Å²) < 4.78 is 5.06. The number of carbonyl (C=O) groups excluding carboxylic acids is 3. The van der Waals surface area contributed by atoms with Gasteiger partial charge in [-0.2, -0.15) is 0 Å². The number of rotatable bonds is 7. The van der Waals surface area contributed by atoms with Gasteiger partial charge in [0.1, 0.15) is 5.69 Å². The molecule has 3 rings (SSSR count). The van der Waals surface area contributed by atoms with Gasteiger partial charge in [0, 0.05) is 44.5 Å². The minimum atomic E-state index is -0.168. The number of aromatic nitrogens is 2. The Hall–Kier alpha value is -2.51. The second kappa shape index (κ2) is 8.92. The van der Waals surface area contributed by atoms with E-state index < -0.39 is 0 Å². The SMILES string of the molecule is CCOC(=O)C1CCN(C(=O)CCN(C(=O)c2cnccn2)C2CC2)CC1. The van der Waals surface area contributed by atoms with Crippen LogP contribution in [0.2, 0.25) is 0 Å². The first-order valence-electron chi connectivity index (χ1n) is 9.61.